The minimum absolute atomic E-state index is 0.508. The van der Waals surface area contributed by atoms with Crippen LogP contribution in [0.3, 0.4) is 0 Å². The summed E-state index contributed by atoms with van der Waals surface area (Å²) in [5.41, 5.74) is 0. The van der Waals surface area contributed by atoms with Gasteiger partial charge in [-0.05, 0) is 0 Å². The molecule has 0 aliphatic carbocycles. The molecule has 0 N–H and O–H groups in total. The van der Waals surface area contributed by atoms with Crippen molar-refractivity contribution in [2.45, 2.75) is 0 Å². The second-order valence-electron chi connectivity index (χ2n) is 3.35. The number of hydrogen-bond acceptors (Lipinski definition) is 6. The number of morpholine rings is 1. The van der Waals surface area contributed by atoms with Crippen LogP contribution in [-0.4, -0.2) is 50.5 Å². The normalized spacial score (nSPS) is 16.0. The Morgan fingerprint density at radius 3 is 2.19 bits per heavy atom. The zero-order valence-corrected chi connectivity index (χ0v) is 9.47. The van der Waals surface area contributed by atoms with E-state index in [0.29, 0.717) is 30.9 Å². The predicted octanol–water partition coefficient (Wildman–Crippen LogP) is 0.330. The SMILES string of the molecule is COc1cc(OC)nc(N2CCOCC2)n1. The van der Waals surface area contributed by atoms with E-state index in [-0.39, 0.29) is 0 Å². The number of hydrogen-bond donors (Lipinski definition) is 0. The monoisotopic (exact) mass is 225 g/mol. The lowest BCUT2D eigenvalue weighted by Gasteiger charge is -2.26. The summed E-state index contributed by atoms with van der Waals surface area (Å²) >= 11 is 0. The molecule has 0 radical (unpaired) electrons. The van der Waals surface area contributed by atoms with Crippen molar-refractivity contribution in [1.82, 2.24) is 9.97 Å². The molecule has 0 saturated carbocycles. The molecule has 1 aliphatic rings. The van der Waals surface area contributed by atoms with Crippen LogP contribution in [0.25, 0.3) is 0 Å². The summed E-state index contributed by atoms with van der Waals surface area (Å²) in [5, 5.41) is 0. The van der Waals surface area contributed by atoms with Crippen LogP contribution in [0.15, 0.2) is 6.07 Å². The van der Waals surface area contributed by atoms with Gasteiger partial charge in [-0.2, -0.15) is 9.97 Å². The molecule has 2 heterocycles. The van der Waals surface area contributed by atoms with Gasteiger partial charge in [0.25, 0.3) is 0 Å². The van der Waals surface area contributed by atoms with Crippen molar-refractivity contribution in [1.29, 1.82) is 0 Å². The lowest BCUT2D eigenvalue weighted by atomic mass is 10.4. The van der Waals surface area contributed by atoms with Gasteiger partial charge in [-0.15, -0.1) is 0 Å². The Labute approximate surface area is 94.2 Å². The predicted molar refractivity (Wildman–Crippen MR) is 58.2 cm³/mol. The molecule has 0 bridgehead atoms. The number of rotatable bonds is 3. The standard InChI is InChI=1S/C10H15N3O3/c1-14-8-7-9(15-2)12-10(11-8)13-3-5-16-6-4-13/h7H,3-6H2,1-2H3. The molecule has 16 heavy (non-hydrogen) atoms. The number of nitrogens with zero attached hydrogens (tertiary/aromatic N) is 3. The van der Waals surface area contributed by atoms with E-state index in [2.05, 4.69) is 14.9 Å². The van der Waals surface area contributed by atoms with Gasteiger partial charge in [-0.3, -0.25) is 0 Å². The van der Waals surface area contributed by atoms with Crippen molar-refractivity contribution < 1.29 is 14.2 Å². The first-order chi connectivity index (χ1) is 7.83. The van der Waals surface area contributed by atoms with Crippen molar-refractivity contribution in [2.24, 2.45) is 0 Å². The third-order valence-corrected chi connectivity index (χ3v) is 2.38. The highest BCUT2D eigenvalue weighted by molar-refractivity contribution is 5.36. The van der Waals surface area contributed by atoms with Gasteiger partial charge < -0.3 is 19.1 Å². The smallest absolute Gasteiger partial charge is 0.232 e. The highest BCUT2D eigenvalue weighted by Gasteiger charge is 2.16. The third kappa shape index (κ3) is 2.33. The van der Waals surface area contributed by atoms with Gasteiger partial charge in [0.05, 0.1) is 33.5 Å². The van der Waals surface area contributed by atoms with Crippen LogP contribution < -0.4 is 14.4 Å². The maximum absolute atomic E-state index is 5.27. The minimum Gasteiger partial charge on any atom is -0.481 e. The topological polar surface area (TPSA) is 56.7 Å². The van der Waals surface area contributed by atoms with Gasteiger partial charge in [0, 0.05) is 13.1 Å². The lowest BCUT2D eigenvalue weighted by Crippen LogP contribution is -2.37. The molecule has 1 aliphatic heterocycles. The molecule has 1 aromatic rings. The first kappa shape index (κ1) is 10.9. The molecule has 0 amide bonds. The molecule has 0 spiro atoms. The minimum atomic E-state index is 0.508. The zero-order chi connectivity index (χ0) is 11.4. The van der Waals surface area contributed by atoms with E-state index in [1.54, 1.807) is 20.3 Å². The van der Waals surface area contributed by atoms with Crippen LogP contribution in [-0.2, 0) is 4.74 Å². The van der Waals surface area contributed by atoms with Gasteiger partial charge in [0.2, 0.25) is 17.7 Å². The van der Waals surface area contributed by atoms with Crippen LogP contribution in [0.1, 0.15) is 0 Å². The second kappa shape index (κ2) is 4.98. The van der Waals surface area contributed by atoms with Crippen LogP contribution >= 0.6 is 0 Å². The molecule has 0 unspecified atom stereocenters. The van der Waals surface area contributed by atoms with Gasteiger partial charge in [0.15, 0.2) is 0 Å². The lowest BCUT2D eigenvalue weighted by molar-refractivity contribution is 0.122. The Morgan fingerprint density at radius 2 is 1.69 bits per heavy atom. The average Bonchev–Trinajstić information content (AvgIpc) is 2.39. The van der Waals surface area contributed by atoms with Gasteiger partial charge in [-0.25, -0.2) is 0 Å². The van der Waals surface area contributed by atoms with E-state index in [9.17, 15) is 0 Å². The number of ether oxygens (including phenoxy) is 3. The fourth-order valence-electron chi connectivity index (χ4n) is 1.51. The van der Waals surface area contributed by atoms with Crippen LogP contribution in [0.5, 0.6) is 11.8 Å². The van der Waals surface area contributed by atoms with Crippen molar-refractivity contribution in [3.8, 4) is 11.8 Å². The summed E-state index contributed by atoms with van der Waals surface area (Å²) in [6.45, 7) is 2.97. The largest absolute Gasteiger partial charge is 0.481 e. The van der Waals surface area contributed by atoms with Gasteiger partial charge in [-0.1, -0.05) is 0 Å². The number of anilines is 1. The molecular formula is C10H15N3O3. The van der Waals surface area contributed by atoms with Crippen LogP contribution in [0.4, 0.5) is 5.95 Å². The molecule has 1 fully saturated rings. The molecular weight excluding hydrogens is 210 g/mol. The van der Waals surface area contributed by atoms with Crippen LogP contribution in [0, 0.1) is 0 Å². The van der Waals surface area contributed by atoms with E-state index < -0.39 is 0 Å². The number of methoxy groups -OCH3 is 2. The quantitative estimate of drug-likeness (QED) is 0.739. The average molecular weight is 225 g/mol. The Morgan fingerprint density at radius 1 is 1.12 bits per heavy atom. The van der Waals surface area contributed by atoms with Crippen molar-refractivity contribution in [3.63, 3.8) is 0 Å². The Balaban J connectivity index is 2.24. The fraction of sp³-hybridized carbons (Fsp3) is 0.600. The van der Waals surface area contributed by atoms with E-state index in [4.69, 9.17) is 14.2 Å². The first-order valence-corrected chi connectivity index (χ1v) is 5.13. The maximum atomic E-state index is 5.27. The van der Waals surface area contributed by atoms with E-state index in [0.717, 1.165) is 13.1 Å². The number of aromatic nitrogens is 2. The van der Waals surface area contributed by atoms with Crippen molar-refractivity contribution in [2.75, 3.05) is 45.4 Å². The molecule has 88 valence electrons. The molecule has 1 saturated heterocycles. The second-order valence-corrected chi connectivity index (χ2v) is 3.35. The van der Waals surface area contributed by atoms with Gasteiger partial charge in [0.1, 0.15) is 0 Å². The summed E-state index contributed by atoms with van der Waals surface area (Å²) in [4.78, 5) is 10.6. The van der Waals surface area contributed by atoms with E-state index in [1.807, 2.05) is 0 Å². The first-order valence-electron chi connectivity index (χ1n) is 5.13. The van der Waals surface area contributed by atoms with Crippen molar-refractivity contribution in [3.05, 3.63) is 6.07 Å². The molecule has 0 atom stereocenters. The molecule has 6 heteroatoms. The highest BCUT2D eigenvalue weighted by atomic mass is 16.5. The maximum Gasteiger partial charge on any atom is 0.232 e. The van der Waals surface area contributed by atoms with Gasteiger partial charge >= 0.3 is 0 Å². The summed E-state index contributed by atoms with van der Waals surface area (Å²) in [6.07, 6.45) is 0. The fourth-order valence-corrected chi connectivity index (χ4v) is 1.51. The van der Waals surface area contributed by atoms with E-state index in [1.165, 1.54) is 0 Å². The Kier molecular flexibility index (Phi) is 3.40. The van der Waals surface area contributed by atoms with E-state index >= 15 is 0 Å². The summed E-state index contributed by atoms with van der Waals surface area (Å²) in [6, 6.07) is 1.66. The summed E-state index contributed by atoms with van der Waals surface area (Å²) in [7, 11) is 3.15. The summed E-state index contributed by atoms with van der Waals surface area (Å²) < 4.78 is 15.5. The molecule has 2 rings (SSSR count). The molecule has 0 aromatic carbocycles. The Hall–Kier alpha value is -1.56. The highest BCUT2D eigenvalue weighted by Crippen LogP contribution is 2.20. The Bertz CT molecular complexity index is 331. The van der Waals surface area contributed by atoms with Crippen molar-refractivity contribution >= 4 is 5.95 Å². The summed E-state index contributed by atoms with van der Waals surface area (Å²) in [5.74, 6) is 1.64. The molecule has 6 nitrogen and oxygen atoms in total. The zero-order valence-electron chi connectivity index (χ0n) is 9.47. The molecule has 1 aromatic heterocycles. The third-order valence-electron chi connectivity index (χ3n) is 2.38. The van der Waals surface area contributed by atoms with Crippen LogP contribution in [0.2, 0.25) is 0 Å².